The van der Waals surface area contributed by atoms with Gasteiger partial charge in [0.1, 0.15) is 12.0 Å². The molecule has 9 heteroatoms. The Kier molecular flexibility index (Phi) is 5.24. The van der Waals surface area contributed by atoms with Crippen LogP contribution in [0, 0.1) is 0 Å². The third-order valence-electron chi connectivity index (χ3n) is 2.92. The van der Waals surface area contributed by atoms with E-state index in [2.05, 4.69) is 10.0 Å². The van der Waals surface area contributed by atoms with Crippen molar-refractivity contribution < 1.29 is 22.7 Å². The second kappa shape index (κ2) is 7.18. The van der Waals surface area contributed by atoms with E-state index in [1.54, 1.807) is 24.3 Å². The average molecular weight is 352 g/mol. The van der Waals surface area contributed by atoms with Gasteiger partial charge in [-0.2, -0.15) is 0 Å². The summed E-state index contributed by atoms with van der Waals surface area (Å²) >= 11 is 0. The fourth-order valence-corrected chi connectivity index (χ4v) is 2.48. The lowest BCUT2D eigenvalue weighted by Crippen LogP contribution is -2.25. The molecule has 0 fully saturated rings. The van der Waals surface area contributed by atoms with Crippen molar-refractivity contribution in [3.05, 3.63) is 58.1 Å². The average Bonchev–Trinajstić information content (AvgIpc) is 2.47. The molecule has 1 amide bonds. The fraction of sp³-hybridized carbons (Fsp3) is 0.200. The lowest BCUT2D eigenvalue weighted by molar-refractivity contribution is -0.120. The lowest BCUT2D eigenvalue weighted by Gasteiger charge is -2.07. The standard InChI is InChI=1S/C15H16N2O6S/c1-24(21,22)17-11-4-2-3-10(5-11)6-15(20)16-8-12-7-13(18)14(19)9-23-12/h2-5,7,9,17,19H,6,8H2,1H3,(H,16,20). The van der Waals surface area contributed by atoms with Crippen LogP contribution in [0.2, 0.25) is 0 Å². The van der Waals surface area contributed by atoms with Gasteiger partial charge < -0.3 is 14.8 Å². The van der Waals surface area contributed by atoms with Crippen LogP contribution >= 0.6 is 0 Å². The van der Waals surface area contributed by atoms with Crippen molar-refractivity contribution in [2.24, 2.45) is 0 Å². The minimum absolute atomic E-state index is 0.00433. The van der Waals surface area contributed by atoms with Crippen LogP contribution in [0.5, 0.6) is 5.75 Å². The zero-order valence-corrected chi connectivity index (χ0v) is 13.6. The number of aromatic hydroxyl groups is 1. The maximum absolute atomic E-state index is 11.9. The number of benzene rings is 1. The Bertz CT molecular complexity index is 904. The zero-order valence-electron chi connectivity index (χ0n) is 12.8. The van der Waals surface area contributed by atoms with Crippen molar-refractivity contribution in [1.29, 1.82) is 0 Å². The van der Waals surface area contributed by atoms with E-state index in [-0.39, 0.29) is 24.6 Å². The van der Waals surface area contributed by atoms with Crippen LogP contribution in [-0.2, 0) is 27.8 Å². The van der Waals surface area contributed by atoms with Gasteiger partial charge in [0.25, 0.3) is 0 Å². The van der Waals surface area contributed by atoms with E-state index in [1.807, 2.05) is 0 Å². The second-order valence-corrected chi connectivity index (χ2v) is 6.87. The highest BCUT2D eigenvalue weighted by molar-refractivity contribution is 7.92. The highest BCUT2D eigenvalue weighted by Gasteiger charge is 2.08. The Hall–Kier alpha value is -2.81. The largest absolute Gasteiger partial charge is 0.502 e. The first-order valence-corrected chi connectivity index (χ1v) is 8.76. The van der Waals surface area contributed by atoms with Crippen LogP contribution in [-0.4, -0.2) is 25.7 Å². The molecule has 1 heterocycles. The first-order valence-electron chi connectivity index (χ1n) is 6.87. The van der Waals surface area contributed by atoms with Gasteiger partial charge in [-0.1, -0.05) is 12.1 Å². The minimum Gasteiger partial charge on any atom is -0.502 e. The monoisotopic (exact) mass is 352 g/mol. The molecule has 0 aliphatic heterocycles. The van der Waals surface area contributed by atoms with Crippen molar-refractivity contribution in [2.75, 3.05) is 11.0 Å². The maximum atomic E-state index is 11.9. The minimum atomic E-state index is -3.39. The first-order chi connectivity index (χ1) is 11.2. The Morgan fingerprint density at radius 1 is 1.29 bits per heavy atom. The number of hydrogen-bond acceptors (Lipinski definition) is 6. The topological polar surface area (TPSA) is 126 Å². The van der Waals surface area contributed by atoms with Crippen molar-refractivity contribution in [2.45, 2.75) is 13.0 Å². The zero-order chi connectivity index (χ0) is 17.7. The van der Waals surface area contributed by atoms with E-state index in [1.165, 1.54) is 0 Å². The maximum Gasteiger partial charge on any atom is 0.229 e. The van der Waals surface area contributed by atoms with Crippen LogP contribution in [0.3, 0.4) is 0 Å². The number of nitrogens with one attached hydrogen (secondary N) is 2. The van der Waals surface area contributed by atoms with E-state index in [9.17, 15) is 18.0 Å². The first kappa shape index (κ1) is 17.5. The molecule has 3 N–H and O–H groups in total. The van der Waals surface area contributed by atoms with Gasteiger partial charge in [-0.25, -0.2) is 8.42 Å². The molecular formula is C15H16N2O6S. The summed E-state index contributed by atoms with van der Waals surface area (Å²) < 4.78 is 29.7. The van der Waals surface area contributed by atoms with E-state index < -0.39 is 21.2 Å². The molecule has 0 atom stereocenters. The summed E-state index contributed by atoms with van der Waals surface area (Å²) in [5.41, 5.74) is 0.394. The number of carbonyl (C=O) groups excluding carboxylic acids is 1. The molecule has 1 aromatic carbocycles. The number of hydrogen-bond donors (Lipinski definition) is 3. The third kappa shape index (κ3) is 5.43. The Morgan fingerprint density at radius 3 is 2.71 bits per heavy atom. The van der Waals surface area contributed by atoms with Crippen LogP contribution in [0.15, 0.2) is 45.8 Å². The number of amides is 1. The molecule has 0 radical (unpaired) electrons. The summed E-state index contributed by atoms with van der Waals surface area (Å²) in [7, 11) is -3.39. The van der Waals surface area contributed by atoms with Crippen LogP contribution < -0.4 is 15.5 Å². The van der Waals surface area contributed by atoms with Crippen LogP contribution in [0.25, 0.3) is 0 Å². The third-order valence-corrected chi connectivity index (χ3v) is 3.53. The second-order valence-electron chi connectivity index (χ2n) is 5.12. The normalized spacial score (nSPS) is 11.0. The molecule has 8 nitrogen and oxygen atoms in total. The van der Waals surface area contributed by atoms with Gasteiger partial charge in [-0.05, 0) is 17.7 Å². The summed E-state index contributed by atoms with van der Waals surface area (Å²) in [4.78, 5) is 23.2. The summed E-state index contributed by atoms with van der Waals surface area (Å²) in [6.45, 7) is -0.00433. The molecule has 128 valence electrons. The lowest BCUT2D eigenvalue weighted by atomic mass is 10.1. The van der Waals surface area contributed by atoms with Crippen molar-refractivity contribution in [3.63, 3.8) is 0 Å². The molecule has 0 aliphatic rings. The van der Waals surface area contributed by atoms with Crippen LogP contribution in [0.1, 0.15) is 11.3 Å². The van der Waals surface area contributed by atoms with Gasteiger partial charge in [0.15, 0.2) is 5.75 Å². The molecule has 0 saturated carbocycles. The molecular weight excluding hydrogens is 336 g/mol. The number of carbonyl (C=O) groups is 1. The Morgan fingerprint density at radius 2 is 2.04 bits per heavy atom. The molecule has 0 bridgehead atoms. The van der Waals surface area contributed by atoms with Crippen molar-refractivity contribution >= 4 is 21.6 Å². The Labute approximate surface area is 138 Å². The predicted molar refractivity (Wildman–Crippen MR) is 87.1 cm³/mol. The molecule has 2 rings (SSSR count). The van der Waals surface area contributed by atoms with Crippen LogP contribution in [0.4, 0.5) is 5.69 Å². The fourth-order valence-electron chi connectivity index (χ4n) is 1.93. The van der Waals surface area contributed by atoms with Crippen molar-refractivity contribution in [3.8, 4) is 5.75 Å². The van der Waals surface area contributed by atoms with Crippen molar-refractivity contribution in [1.82, 2.24) is 5.32 Å². The van der Waals surface area contributed by atoms with Gasteiger partial charge in [0.05, 0.1) is 19.2 Å². The highest BCUT2D eigenvalue weighted by Crippen LogP contribution is 2.12. The molecule has 0 aliphatic carbocycles. The van der Waals surface area contributed by atoms with E-state index in [0.717, 1.165) is 18.6 Å². The van der Waals surface area contributed by atoms with Gasteiger partial charge in [0, 0.05) is 11.8 Å². The smallest absolute Gasteiger partial charge is 0.229 e. The quantitative estimate of drug-likeness (QED) is 0.698. The number of anilines is 1. The number of sulfonamides is 1. The van der Waals surface area contributed by atoms with Gasteiger partial charge in [0.2, 0.25) is 21.4 Å². The summed E-state index contributed by atoms with van der Waals surface area (Å²) in [6, 6.07) is 7.55. The summed E-state index contributed by atoms with van der Waals surface area (Å²) in [5, 5.41) is 11.7. The SMILES string of the molecule is CS(=O)(=O)Nc1cccc(CC(=O)NCc2cc(=O)c(O)co2)c1. The van der Waals surface area contributed by atoms with E-state index in [0.29, 0.717) is 11.3 Å². The summed E-state index contributed by atoms with van der Waals surface area (Å²) in [5.74, 6) is -0.624. The van der Waals surface area contributed by atoms with E-state index in [4.69, 9.17) is 9.52 Å². The van der Waals surface area contributed by atoms with Gasteiger partial charge in [-0.15, -0.1) is 0 Å². The molecule has 0 saturated heterocycles. The molecule has 0 unspecified atom stereocenters. The van der Waals surface area contributed by atoms with Gasteiger partial charge >= 0.3 is 0 Å². The molecule has 24 heavy (non-hydrogen) atoms. The summed E-state index contributed by atoms with van der Waals surface area (Å²) in [6.07, 6.45) is 1.98. The highest BCUT2D eigenvalue weighted by atomic mass is 32.2. The Balaban J connectivity index is 1.96. The predicted octanol–water partition coefficient (Wildman–Crippen LogP) is 0.576. The van der Waals surface area contributed by atoms with E-state index >= 15 is 0 Å². The number of rotatable bonds is 6. The van der Waals surface area contributed by atoms with Gasteiger partial charge in [-0.3, -0.25) is 14.3 Å². The molecule has 2 aromatic rings. The molecule has 1 aromatic heterocycles. The molecule has 0 spiro atoms.